The summed E-state index contributed by atoms with van der Waals surface area (Å²) >= 11 is 5.87. The van der Waals surface area contributed by atoms with Gasteiger partial charge in [0.25, 0.3) is 0 Å². The molecule has 1 heterocycles. The fraction of sp³-hybridized carbons (Fsp3) is 0.381. The average molecular weight is 406 g/mol. The highest BCUT2D eigenvalue weighted by atomic mass is 35.5. The Hall–Kier alpha value is -2.15. The normalized spacial score (nSPS) is 16.5. The summed E-state index contributed by atoms with van der Waals surface area (Å²) in [6, 6.07) is 13.2. The molecule has 0 aliphatic carbocycles. The maximum absolute atomic E-state index is 13.7. The molecule has 0 saturated carbocycles. The molecule has 1 atom stereocenters. The van der Waals surface area contributed by atoms with E-state index in [0.717, 1.165) is 38.5 Å². The van der Waals surface area contributed by atoms with E-state index in [2.05, 4.69) is 15.1 Å². The number of para-hydroxylation sites is 1. The third-order valence-corrected chi connectivity index (χ3v) is 5.21. The van der Waals surface area contributed by atoms with Crippen molar-refractivity contribution in [3.63, 3.8) is 0 Å². The van der Waals surface area contributed by atoms with Crippen molar-refractivity contribution in [3.05, 3.63) is 59.4 Å². The van der Waals surface area contributed by atoms with Crippen LogP contribution < -0.4 is 10.1 Å². The number of nitrogens with one attached hydrogen (secondary N) is 1. The molecule has 7 heteroatoms. The standard InChI is InChI=1S/C21H25ClFN3O2/c1-16(21(27)24-20-5-3-2-4-19(20)23)26-12-10-25(11-13-26)14-15-28-18-8-6-17(22)7-9-18/h2-9,16H,10-15H2,1H3,(H,24,27)/t16-/m0/s1. The van der Waals surface area contributed by atoms with Gasteiger partial charge in [-0.05, 0) is 43.3 Å². The van der Waals surface area contributed by atoms with Crippen LogP contribution in [0.3, 0.4) is 0 Å². The van der Waals surface area contributed by atoms with Crippen LogP contribution in [0.5, 0.6) is 5.75 Å². The predicted octanol–water partition coefficient (Wildman–Crippen LogP) is 3.50. The van der Waals surface area contributed by atoms with Crippen molar-refractivity contribution in [1.29, 1.82) is 0 Å². The number of hydrogen-bond donors (Lipinski definition) is 1. The Morgan fingerprint density at radius 2 is 1.82 bits per heavy atom. The van der Waals surface area contributed by atoms with Crippen LogP contribution in [-0.4, -0.2) is 61.1 Å². The zero-order chi connectivity index (χ0) is 19.9. The molecule has 1 aliphatic rings. The molecule has 0 spiro atoms. The molecule has 1 aliphatic heterocycles. The topological polar surface area (TPSA) is 44.8 Å². The van der Waals surface area contributed by atoms with Crippen molar-refractivity contribution in [1.82, 2.24) is 9.80 Å². The number of rotatable bonds is 7. The second-order valence-electron chi connectivity index (χ2n) is 6.83. The van der Waals surface area contributed by atoms with Crippen LogP contribution in [0.4, 0.5) is 10.1 Å². The van der Waals surface area contributed by atoms with E-state index in [-0.39, 0.29) is 17.6 Å². The van der Waals surface area contributed by atoms with Gasteiger partial charge in [0.1, 0.15) is 18.2 Å². The average Bonchev–Trinajstić information content (AvgIpc) is 2.71. The summed E-state index contributed by atoms with van der Waals surface area (Å²) in [5.41, 5.74) is 0.220. The maximum Gasteiger partial charge on any atom is 0.241 e. The lowest BCUT2D eigenvalue weighted by Crippen LogP contribution is -2.53. The molecule has 28 heavy (non-hydrogen) atoms. The summed E-state index contributed by atoms with van der Waals surface area (Å²) in [5.74, 6) is 0.194. The summed E-state index contributed by atoms with van der Waals surface area (Å²) in [7, 11) is 0. The molecule has 0 radical (unpaired) electrons. The van der Waals surface area contributed by atoms with E-state index in [0.29, 0.717) is 11.6 Å². The molecule has 3 rings (SSSR count). The Bertz CT molecular complexity index is 779. The molecule has 1 N–H and O–H groups in total. The van der Waals surface area contributed by atoms with Crippen LogP contribution in [0, 0.1) is 5.82 Å². The molecule has 5 nitrogen and oxygen atoms in total. The molecule has 0 aromatic heterocycles. The molecule has 0 bridgehead atoms. The van der Waals surface area contributed by atoms with Gasteiger partial charge in [0, 0.05) is 37.7 Å². The van der Waals surface area contributed by atoms with E-state index in [4.69, 9.17) is 16.3 Å². The molecule has 1 saturated heterocycles. The van der Waals surface area contributed by atoms with Crippen molar-refractivity contribution >= 4 is 23.2 Å². The Balaban J connectivity index is 1.39. The van der Waals surface area contributed by atoms with Crippen LogP contribution in [0.25, 0.3) is 0 Å². The number of halogens is 2. The monoisotopic (exact) mass is 405 g/mol. The first-order valence-corrected chi connectivity index (χ1v) is 9.81. The highest BCUT2D eigenvalue weighted by Gasteiger charge is 2.25. The molecule has 2 aromatic carbocycles. The number of ether oxygens (including phenoxy) is 1. The smallest absolute Gasteiger partial charge is 0.241 e. The second kappa shape index (κ2) is 9.87. The fourth-order valence-corrected chi connectivity index (χ4v) is 3.29. The first-order valence-electron chi connectivity index (χ1n) is 9.43. The zero-order valence-electron chi connectivity index (χ0n) is 15.9. The molecular formula is C21H25ClFN3O2. The maximum atomic E-state index is 13.7. The number of amides is 1. The number of hydrogen-bond acceptors (Lipinski definition) is 4. The van der Waals surface area contributed by atoms with Crippen molar-refractivity contribution < 1.29 is 13.9 Å². The molecule has 0 unspecified atom stereocenters. The number of carbonyl (C=O) groups excluding carboxylic acids is 1. The predicted molar refractivity (Wildman–Crippen MR) is 109 cm³/mol. The minimum absolute atomic E-state index is 0.190. The second-order valence-corrected chi connectivity index (χ2v) is 7.26. The van der Waals surface area contributed by atoms with Crippen LogP contribution in [0.2, 0.25) is 5.02 Å². The lowest BCUT2D eigenvalue weighted by molar-refractivity contribution is -0.121. The number of benzene rings is 2. The van der Waals surface area contributed by atoms with Crippen molar-refractivity contribution in [2.75, 3.05) is 44.6 Å². The summed E-state index contributed by atoms with van der Waals surface area (Å²) < 4.78 is 19.5. The van der Waals surface area contributed by atoms with Crippen molar-refractivity contribution in [3.8, 4) is 5.75 Å². The zero-order valence-corrected chi connectivity index (χ0v) is 16.7. The van der Waals surface area contributed by atoms with E-state index in [1.165, 1.54) is 6.07 Å². The van der Waals surface area contributed by atoms with Gasteiger partial charge < -0.3 is 10.1 Å². The van der Waals surface area contributed by atoms with Crippen LogP contribution in [0.1, 0.15) is 6.92 Å². The molecule has 1 amide bonds. The van der Waals surface area contributed by atoms with Gasteiger partial charge in [-0.15, -0.1) is 0 Å². The van der Waals surface area contributed by atoms with Gasteiger partial charge in [-0.1, -0.05) is 23.7 Å². The van der Waals surface area contributed by atoms with Gasteiger partial charge in [0.15, 0.2) is 0 Å². The summed E-state index contributed by atoms with van der Waals surface area (Å²) in [5, 5.41) is 3.37. The van der Waals surface area contributed by atoms with Crippen molar-refractivity contribution in [2.45, 2.75) is 13.0 Å². The number of piperazine rings is 1. The number of carbonyl (C=O) groups is 1. The van der Waals surface area contributed by atoms with Crippen LogP contribution in [-0.2, 0) is 4.79 Å². The van der Waals surface area contributed by atoms with Crippen molar-refractivity contribution in [2.24, 2.45) is 0 Å². The minimum atomic E-state index is -0.423. The Morgan fingerprint density at radius 3 is 2.50 bits per heavy atom. The van der Waals surface area contributed by atoms with Gasteiger partial charge in [-0.2, -0.15) is 0 Å². The molecule has 1 fully saturated rings. The van der Waals surface area contributed by atoms with E-state index in [1.807, 2.05) is 31.2 Å². The fourth-order valence-electron chi connectivity index (χ4n) is 3.16. The lowest BCUT2D eigenvalue weighted by Gasteiger charge is -2.37. The Kier molecular flexibility index (Phi) is 7.25. The number of anilines is 1. The van der Waals surface area contributed by atoms with Gasteiger partial charge >= 0.3 is 0 Å². The first kappa shape index (κ1) is 20.6. The Labute approximate surface area is 170 Å². The highest BCUT2D eigenvalue weighted by molar-refractivity contribution is 6.30. The Morgan fingerprint density at radius 1 is 1.14 bits per heavy atom. The molecule has 150 valence electrons. The van der Waals surface area contributed by atoms with E-state index in [1.54, 1.807) is 18.2 Å². The quantitative estimate of drug-likeness (QED) is 0.765. The third-order valence-electron chi connectivity index (χ3n) is 4.96. The highest BCUT2D eigenvalue weighted by Crippen LogP contribution is 2.16. The van der Waals surface area contributed by atoms with E-state index in [9.17, 15) is 9.18 Å². The lowest BCUT2D eigenvalue weighted by atomic mass is 10.2. The molecular weight excluding hydrogens is 381 g/mol. The first-order chi connectivity index (χ1) is 13.5. The van der Waals surface area contributed by atoms with E-state index < -0.39 is 5.82 Å². The molecule has 2 aromatic rings. The van der Waals surface area contributed by atoms with Gasteiger partial charge in [-0.25, -0.2) is 4.39 Å². The summed E-state index contributed by atoms with van der Waals surface area (Å²) in [6.07, 6.45) is 0. The van der Waals surface area contributed by atoms with Crippen LogP contribution in [0.15, 0.2) is 48.5 Å². The SMILES string of the molecule is C[C@@H](C(=O)Nc1ccccc1F)N1CCN(CCOc2ccc(Cl)cc2)CC1. The largest absolute Gasteiger partial charge is 0.492 e. The van der Waals surface area contributed by atoms with E-state index >= 15 is 0 Å². The number of nitrogens with zero attached hydrogens (tertiary/aromatic N) is 2. The minimum Gasteiger partial charge on any atom is -0.492 e. The van der Waals surface area contributed by atoms with Gasteiger partial charge in [-0.3, -0.25) is 14.6 Å². The third kappa shape index (κ3) is 5.67. The summed E-state index contributed by atoms with van der Waals surface area (Å²) in [4.78, 5) is 16.9. The van der Waals surface area contributed by atoms with Gasteiger partial charge in [0.2, 0.25) is 5.91 Å². The van der Waals surface area contributed by atoms with Crippen LogP contribution >= 0.6 is 11.6 Å². The summed E-state index contributed by atoms with van der Waals surface area (Å²) in [6.45, 7) is 6.58. The van der Waals surface area contributed by atoms with Gasteiger partial charge in [0.05, 0.1) is 11.7 Å².